The number of nitrogens with one attached hydrogen (secondary N) is 3. The zero-order chi connectivity index (χ0) is 23.3. The van der Waals surface area contributed by atoms with Crippen LogP contribution in [0.2, 0.25) is 0 Å². The van der Waals surface area contributed by atoms with Gasteiger partial charge >= 0.3 is 6.18 Å². The van der Waals surface area contributed by atoms with Gasteiger partial charge in [0.05, 0.1) is 18.1 Å². The van der Waals surface area contributed by atoms with Crippen LogP contribution in [0.25, 0.3) is 16.8 Å². The number of hydrogen-bond donors (Lipinski definition) is 3. The summed E-state index contributed by atoms with van der Waals surface area (Å²) in [6.45, 7) is 1.62. The van der Waals surface area contributed by atoms with Crippen LogP contribution in [-0.2, 0) is 0 Å². The molecule has 3 heterocycles. The van der Waals surface area contributed by atoms with Gasteiger partial charge in [0.2, 0.25) is 0 Å². The van der Waals surface area contributed by atoms with Crippen molar-refractivity contribution in [2.75, 3.05) is 17.2 Å². The molecule has 0 spiro atoms. The second-order valence-electron chi connectivity index (χ2n) is 8.51. The molecule has 9 nitrogen and oxygen atoms in total. The van der Waals surface area contributed by atoms with Crippen LogP contribution >= 0.6 is 0 Å². The van der Waals surface area contributed by atoms with Crippen molar-refractivity contribution >= 4 is 28.2 Å². The SMILES string of the molecule is CCC1C[C@H](Nc2c(NCCC(F)(F)F)c(=O)c2=O)CC1c1nnc2cnc3[nH]ccc3n12. The van der Waals surface area contributed by atoms with Gasteiger partial charge in [-0.3, -0.25) is 14.0 Å². The van der Waals surface area contributed by atoms with Gasteiger partial charge in [0.25, 0.3) is 10.9 Å². The minimum Gasteiger partial charge on any atom is -0.380 e. The van der Waals surface area contributed by atoms with Crippen molar-refractivity contribution < 1.29 is 13.2 Å². The molecule has 33 heavy (non-hydrogen) atoms. The van der Waals surface area contributed by atoms with Crippen molar-refractivity contribution in [2.24, 2.45) is 5.92 Å². The lowest BCUT2D eigenvalue weighted by molar-refractivity contribution is -0.131. The van der Waals surface area contributed by atoms with Gasteiger partial charge in [-0.15, -0.1) is 10.2 Å². The van der Waals surface area contributed by atoms with Crippen molar-refractivity contribution in [2.45, 2.75) is 50.7 Å². The maximum Gasteiger partial charge on any atom is 0.390 e. The van der Waals surface area contributed by atoms with E-state index in [1.54, 1.807) is 12.4 Å². The second kappa shape index (κ2) is 7.85. The molecule has 3 atom stereocenters. The molecule has 3 aromatic heterocycles. The Morgan fingerprint density at radius 2 is 1.97 bits per heavy atom. The first-order chi connectivity index (χ1) is 15.8. The summed E-state index contributed by atoms with van der Waals surface area (Å²) in [5.41, 5.74) is 0.767. The third kappa shape index (κ3) is 3.72. The van der Waals surface area contributed by atoms with E-state index in [0.717, 1.165) is 29.8 Å². The van der Waals surface area contributed by atoms with E-state index in [1.165, 1.54) is 0 Å². The Morgan fingerprint density at radius 3 is 2.73 bits per heavy atom. The van der Waals surface area contributed by atoms with Gasteiger partial charge < -0.3 is 15.6 Å². The smallest absolute Gasteiger partial charge is 0.380 e. The van der Waals surface area contributed by atoms with Gasteiger partial charge in [-0.05, 0) is 24.8 Å². The van der Waals surface area contributed by atoms with Gasteiger partial charge in [-0.2, -0.15) is 13.2 Å². The molecule has 2 unspecified atom stereocenters. The predicted octanol–water partition coefficient (Wildman–Crippen LogP) is 2.95. The number of anilines is 2. The minimum atomic E-state index is -4.34. The molecule has 1 aliphatic rings. The number of alkyl halides is 3. The van der Waals surface area contributed by atoms with E-state index in [0.29, 0.717) is 12.1 Å². The monoisotopic (exact) mass is 461 g/mol. The lowest BCUT2D eigenvalue weighted by Gasteiger charge is -2.19. The fourth-order valence-electron chi connectivity index (χ4n) is 4.88. The average Bonchev–Trinajstić information content (AvgIpc) is 3.50. The van der Waals surface area contributed by atoms with Crippen LogP contribution in [0.15, 0.2) is 28.0 Å². The van der Waals surface area contributed by atoms with Crippen molar-refractivity contribution in [1.29, 1.82) is 0 Å². The van der Waals surface area contributed by atoms with E-state index in [2.05, 4.69) is 37.7 Å². The van der Waals surface area contributed by atoms with E-state index in [9.17, 15) is 22.8 Å². The first kappa shape index (κ1) is 21.4. The fraction of sp³-hybridized carbons (Fsp3) is 0.476. The van der Waals surface area contributed by atoms with Crippen LogP contribution in [-0.4, -0.2) is 43.3 Å². The summed E-state index contributed by atoms with van der Waals surface area (Å²) in [4.78, 5) is 31.4. The summed E-state index contributed by atoms with van der Waals surface area (Å²) in [5.74, 6) is 1.11. The van der Waals surface area contributed by atoms with Crippen LogP contribution in [0.5, 0.6) is 0 Å². The Bertz CT molecular complexity index is 1380. The van der Waals surface area contributed by atoms with Crippen molar-refractivity contribution in [3.63, 3.8) is 0 Å². The van der Waals surface area contributed by atoms with Gasteiger partial charge in [0.1, 0.15) is 17.2 Å². The lowest BCUT2D eigenvalue weighted by atomic mass is 9.93. The molecule has 4 aromatic rings. The number of aromatic nitrogens is 5. The van der Waals surface area contributed by atoms with Crippen LogP contribution in [0.4, 0.5) is 24.5 Å². The molecule has 1 fully saturated rings. The molecule has 0 radical (unpaired) electrons. The zero-order valence-electron chi connectivity index (χ0n) is 17.7. The molecule has 0 saturated heterocycles. The number of nitrogens with zero attached hydrogens (tertiary/aromatic N) is 4. The highest BCUT2D eigenvalue weighted by Crippen LogP contribution is 2.42. The molecule has 5 rings (SSSR count). The van der Waals surface area contributed by atoms with Crippen LogP contribution in [0.1, 0.15) is 44.3 Å². The molecule has 174 valence electrons. The number of fused-ring (bicyclic) bond motifs is 3. The molecule has 12 heteroatoms. The highest BCUT2D eigenvalue weighted by molar-refractivity contribution is 5.75. The Kier molecular flexibility index (Phi) is 5.09. The Hall–Kier alpha value is -3.44. The Morgan fingerprint density at radius 1 is 1.18 bits per heavy atom. The van der Waals surface area contributed by atoms with Crippen molar-refractivity contribution in [3.8, 4) is 0 Å². The van der Waals surface area contributed by atoms with Gasteiger partial charge in [0.15, 0.2) is 11.3 Å². The largest absolute Gasteiger partial charge is 0.390 e. The minimum absolute atomic E-state index is 0.0520. The standard InChI is InChI=1S/C21H22F3N7O2/c1-2-10-7-11(28-16-15(17(32)18(16)33)25-6-4-21(22,23)24)8-12(10)20-30-29-14-9-27-19-13(31(14)20)3-5-26-19/h3,5,9-12,25-26,28H,2,4,6-8H2,1H3/t10?,11-,12?/m0/s1. The number of H-pyrrole nitrogens is 1. The molecule has 1 aliphatic carbocycles. The maximum absolute atomic E-state index is 12.4. The van der Waals surface area contributed by atoms with Gasteiger partial charge in [-0.1, -0.05) is 13.3 Å². The molecule has 1 aromatic carbocycles. The zero-order valence-corrected chi connectivity index (χ0v) is 17.7. The molecule has 0 amide bonds. The molecule has 0 bridgehead atoms. The highest BCUT2D eigenvalue weighted by Gasteiger charge is 2.38. The van der Waals surface area contributed by atoms with E-state index < -0.39 is 30.0 Å². The molecular weight excluding hydrogens is 439 g/mol. The van der Waals surface area contributed by atoms with E-state index in [-0.39, 0.29) is 29.3 Å². The van der Waals surface area contributed by atoms with E-state index >= 15 is 0 Å². The number of rotatable bonds is 7. The topological polar surface area (TPSA) is 117 Å². The summed E-state index contributed by atoms with van der Waals surface area (Å²) in [5, 5.41) is 14.3. The van der Waals surface area contributed by atoms with E-state index in [4.69, 9.17) is 0 Å². The molecule has 0 aliphatic heterocycles. The summed E-state index contributed by atoms with van der Waals surface area (Å²) >= 11 is 0. The third-order valence-corrected chi connectivity index (χ3v) is 6.49. The van der Waals surface area contributed by atoms with Crippen molar-refractivity contribution in [3.05, 3.63) is 44.7 Å². The summed E-state index contributed by atoms with van der Waals surface area (Å²) in [6, 6.07) is 1.79. The molecule has 1 saturated carbocycles. The quantitative estimate of drug-likeness (QED) is 0.362. The first-order valence-corrected chi connectivity index (χ1v) is 10.8. The van der Waals surface area contributed by atoms with Crippen LogP contribution < -0.4 is 21.5 Å². The Balaban J connectivity index is 1.37. The molecule has 3 N–H and O–H groups in total. The summed E-state index contributed by atoms with van der Waals surface area (Å²) < 4.78 is 39.3. The first-order valence-electron chi connectivity index (χ1n) is 10.8. The maximum atomic E-state index is 12.4. The molecular formula is C21H22F3N7O2. The van der Waals surface area contributed by atoms with Crippen LogP contribution in [0.3, 0.4) is 0 Å². The fourth-order valence-corrected chi connectivity index (χ4v) is 4.88. The average molecular weight is 461 g/mol. The van der Waals surface area contributed by atoms with Crippen molar-refractivity contribution in [1.82, 2.24) is 24.6 Å². The summed E-state index contributed by atoms with van der Waals surface area (Å²) in [7, 11) is 0. The number of aromatic amines is 1. The predicted molar refractivity (Wildman–Crippen MR) is 116 cm³/mol. The van der Waals surface area contributed by atoms with Gasteiger partial charge in [-0.25, -0.2) is 4.98 Å². The lowest BCUT2D eigenvalue weighted by Crippen LogP contribution is -2.39. The van der Waals surface area contributed by atoms with Gasteiger partial charge in [0, 0.05) is 24.7 Å². The normalized spacial score (nSPS) is 21.4. The third-order valence-electron chi connectivity index (χ3n) is 6.49. The highest BCUT2D eigenvalue weighted by atomic mass is 19.4. The number of halogens is 3. The van der Waals surface area contributed by atoms with Crippen LogP contribution in [0, 0.1) is 5.92 Å². The second-order valence-corrected chi connectivity index (χ2v) is 8.51. The number of hydrogen-bond acceptors (Lipinski definition) is 7. The Labute approximate surface area is 185 Å². The van der Waals surface area contributed by atoms with E-state index in [1.807, 2.05) is 10.5 Å². The summed E-state index contributed by atoms with van der Waals surface area (Å²) in [6.07, 6.45) is 0.289.